The number of halogens is 2. The average molecular weight is 343 g/mol. The van der Waals surface area contributed by atoms with Crippen molar-refractivity contribution in [2.75, 3.05) is 0 Å². The van der Waals surface area contributed by atoms with Crippen molar-refractivity contribution in [3.8, 4) is 5.75 Å². The monoisotopic (exact) mass is 343 g/mol. The first-order chi connectivity index (χ1) is 11.9. The summed E-state index contributed by atoms with van der Waals surface area (Å²) >= 11 is 0. The van der Waals surface area contributed by atoms with Crippen LogP contribution in [0, 0.1) is 30.4 Å². The highest BCUT2D eigenvalue weighted by atomic mass is 19.1. The second-order valence-corrected chi connectivity index (χ2v) is 6.78. The third-order valence-electron chi connectivity index (χ3n) is 4.83. The highest BCUT2D eigenvalue weighted by Crippen LogP contribution is 2.35. The van der Waals surface area contributed by atoms with E-state index in [4.69, 9.17) is 4.74 Å². The summed E-state index contributed by atoms with van der Waals surface area (Å²) in [7, 11) is 0. The molecule has 2 nitrogen and oxygen atoms in total. The number of carbonyl (C=O) groups excluding carboxylic acids is 1. The van der Waals surface area contributed by atoms with Crippen molar-refractivity contribution < 1.29 is 18.3 Å². The van der Waals surface area contributed by atoms with Gasteiger partial charge in [0.25, 0.3) is 0 Å². The van der Waals surface area contributed by atoms with E-state index in [0.29, 0.717) is 11.5 Å². The molecule has 2 aromatic carbocycles. The number of aryl methyl sites for hydroxylation is 1. The van der Waals surface area contributed by atoms with Crippen molar-refractivity contribution >= 4 is 5.97 Å². The number of carbonyl (C=O) groups is 1. The fourth-order valence-corrected chi connectivity index (χ4v) is 3.10. The maximum Gasteiger partial charge on any atom is 0.346 e. The molecule has 0 N–H and O–H groups in total. The predicted octanol–water partition coefficient (Wildman–Crippen LogP) is 5.63. The third kappa shape index (κ3) is 4.06. The lowest BCUT2D eigenvalue weighted by Crippen LogP contribution is -2.14. The van der Waals surface area contributed by atoms with Crippen molar-refractivity contribution in [2.24, 2.45) is 5.92 Å². The number of ether oxygens (including phenoxy) is 1. The molecule has 0 spiro atoms. The van der Waals surface area contributed by atoms with Gasteiger partial charge < -0.3 is 4.74 Å². The zero-order valence-electron chi connectivity index (χ0n) is 14.4. The standard InChI is InChI=1S/C21H21F2O2/c1-13-3-6-15(7-4-13)16-8-10-18(20(23)11-16)21(24)25-17-9-5-14(2)19(22)12-17/h5,8-13H,3-4,6-7H2,1-2H3. The third-order valence-corrected chi connectivity index (χ3v) is 4.83. The van der Waals surface area contributed by atoms with Gasteiger partial charge >= 0.3 is 5.97 Å². The molecule has 1 saturated carbocycles. The molecule has 1 aliphatic carbocycles. The van der Waals surface area contributed by atoms with E-state index in [1.807, 2.05) is 0 Å². The minimum atomic E-state index is -0.824. The Kier molecular flexibility index (Phi) is 5.16. The number of hydrogen-bond donors (Lipinski definition) is 0. The Morgan fingerprint density at radius 1 is 1.04 bits per heavy atom. The van der Waals surface area contributed by atoms with Crippen molar-refractivity contribution in [3.63, 3.8) is 0 Å². The summed E-state index contributed by atoms with van der Waals surface area (Å²) in [6.45, 7) is 3.84. The molecule has 0 unspecified atom stereocenters. The van der Waals surface area contributed by atoms with E-state index < -0.39 is 17.6 Å². The summed E-state index contributed by atoms with van der Waals surface area (Å²) in [6.07, 6.45) is 4.15. The molecule has 0 aliphatic heterocycles. The summed E-state index contributed by atoms with van der Waals surface area (Å²) in [5.74, 6) is 0.0994. The smallest absolute Gasteiger partial charge is 0.346 e. The molecule has 2 aromatic rings. The van der Waals surface area contributed by atoms with E-state index in [1.54, 1.807) is 13.0 Å². The maximum absolute atomic E-state index is 14.4. The van der Waals surface area contributed by atoms with Gasteiger partial charge in [0.15, 0.2) is 0 Å². The van der Waals surface area contributed by atoms with E-state index in [0.717, 1.165) is 37.3 Å². The number of hydrogen-bond acceptors (Lipinski definition) is 2. The van der Waals surface area contributed by atoms with Crippen LogP contribution < -0.4 is 4.74 Å². The number of benzene rings is 2. The molecule has 0 heterocycles. The van der Waals surface area contributed by atoms with E-state index in [2.05, 4.69) is 6.92 Å². The van der Waals surface area contributed by atoms with Crippen LogP contribution in [0.25, 0.3) is 0 Å². The highest BCUT2D eigenvalue weighted by Gasteiger charge is 2.22. The first-order valence-corrected chi connectivity index (χ1v) is 8.57. The van der Waals surface area contributed by atoms with Gasteiger partial charge in [-0.1, -0.05) is 19.1 Å². The first kappa shape index (κ1) is 17.6. The fourth-order valence-electron chi connectivity index (χ4n) is 3.10. The van der Waals surface area contributed by atoms with Crippen molar-refractivity contribution in [2.45, 2.75) is 39.5 Å². The summed E-state index contributed by atoms with van der Waals surface area (Å²) in [6, 6.07) is 8.74. The van der Waals surface area contributed by atoms with E-state index in [1.165, 1.54) is 30.2 Å². The van der Waals surface area contributed by atoms with Gasteiger partial charge in [0.2, 0.25) is 0 Å². The van der Waals surface area contributed by atoms with E-state index in [9.17, 15) is 13.6 Å². The van der Waals surface area contributed by atoms with Gasteiger partial charge in [0.05, 0.1) is 5.56 Å². The zero-order chi connectivity index (χ0) is 18.0. The zero-order valence-corrected chi connectivity index (χ0v) is 14.4. The Hall–Kier alpha value is -2.23. The molecule has 1 fully saturated rings. The fraction of sp³-hybridized carbons (Fsp3) is 0.333. The molecule has 0 atom stereocenters. The SMILES string of the molecule is Cc1ccc(OC(=O)c2ccc([C]3CCC(C)CC3)cc2F)cc1F. The number of rotatable bonds is 3. The van der Waals surface area contributed by atoms with Crippen LogP contribution in [0.2, 0.25) is 0 Å². The van der Waals surface area contributed by atoms with Crippen LogP contribution in [0.1, 0.15) is 54.1 Å². The first-order valence-electron chi connectivity index (χ1n) is 8.57. The molecule has 0 amide bonds. The van der Waals surface area contributed by atoms with E-state index in [-0.39, 0.29) is 11.3 Å². The Balaban J connectivity index is 1.73. The van der Waals surface area contributed by atoms with Gasteiger partial charge in [-0.2, -0.15) is 0 Å². The topological polar surface area (TPSA) is 26.3 Å². The lowest BCUT2D eigenvalue weighted by molar-refractivity contribution is 0.0729. The van der Waals surface area contributed by atoms with Crippen molar-refractivity contribution in [3.05, 3.63) is 70.6 Å². The Labute approximate surface area is 146 Å². The summed E-state index contributed by atoms with van der Waals surface area (Å²) in [5, 5.41) is 0. The molecular weight excluding hydrogens is 322 g/mol. The molecule has 3 rings (SSSR count). The second kappa shape index (κ2) is 7.34. The molecule has 131 valence electrons. The Morgan fingerprint density at radius 3 is 2.40 bits per heavy atom. The molecule has 0 aromatic heterocycles. The quantitative estimate of drug-likeness (QED) is 0.534. The van der Waals surface area contributed by atoms with E-state index >= 15 is 0 Å². The maximum atomic E-state index is 14.4. The van der Waals surface area contributed by atoms with Crippen LogP contribution in [0.4, 0.5) is 8.78 Å². The van der Waals surface area contributed by atoms with Gasteiger partial charge in [0.1, 0.15) is 17.4 Å². The molecule has 25 heavy (non-hydrogen) atoms. The summed E-state index contributed by atoms with van der Waals surface area (Å²) in [5.41, 5.74) is 1.16. The van der Waals surface area contributed by atoms with Gasteiger partial charge in [0, 0.05) is 12.0 Å². The summed E-state index contributed by atoms with van der Waals surface area (Å²) < 4.78 is 33.0. The molecule has 0 saturated heterocycles. The van der Waals surface area contributed by atoms with Gasteiger partial charge in [-0.05, 0) is 67.9 Å². The van der Waals surface area contributed by atoms with Gasteiger partial charge in [-0.15, -0.1) is 0 Å². The van der Waals surface area contributed by atoms with Crippen LogP contribution in [0.5, 0.6) is 5.75 Å². The minimum Gasteiger partial charge on any atom is -0.423 e. The minimum absolute atomic E-state index is 0.0622. The predicted molar refractivity (Wildman–Crippen MR) is 92.5 cm³/mol. The highest BCUT2D eigenvalue weighted by molar-refractivity contribution is 5.91. The largest absolute Gasteiger partial charge is 0.423 e. The Morgan fingerprint density at radius 2 is 1.76 bits per heavy atom. The lowest BCUT2D eigenvalue weighted by Gasteiger charge is -2.26. The van der Waals surface area contributed by atoms with Gasteiger partial charge in [-0.3, -0.25) is 0 Å². The van der Waals surface area contributed by atoms with Crippen LogP contribution in [0.3, 0.4) is 0 Å². The number of esters is 1. The molecule has 4 heteroatoms. The van der Waals surface area contributed by atoms with Crippen LogP contribution in [0.15, 0.2) is 36.4 Å². The second-order valence-electron chi connectivity index (χ2n) is 6.78. The van der Waals surface area contributed by atoms with Crippen molar-refractivity contribution in [1.82, 2.24) is 0 Å². The molecular formula is C21H21F2O2. The molecule has 1 radical (unpaired) electrons. The van der Waals surface area contributed by atoms with Gasteiger partial charge in [-0.25, -0.2) is 13.6 Å². The van der Waals surface area contributed by atoms with Crippen LogP contribution >= 0.6 is 0 Å². The molecule has 1 aliphatic rings. The molecule has 0 bridgehead atoms. The van der Waals surface area contributed by atoms with Crippen LogP contribution in [-0.4, -0.2) is 5.97 Å². The van der Waals surface area contributed by atoms with Crippen molar-refractivity contribution in [1.29, 1.82) is 0 Å². The van der Waals surface area contributed by atoms with Crippen LogP contribution in [-0.2, 0) is 0 Å². The summed E-state index contributed by atoms with van der Waals surface area (Å²) in [4.78, 5) is 12.2. The lowest BCUT2D eigenvalue weighted by atomic mass is 9.79. The average Bonchev–Trinajstić information content (AvgIpc) is 2.58. The Bertz CT molecular complexity index is 777. The normalized spacial score (nSPS) is 16.0.